The third kappa shape index (κ3) is 2.43. The van der Waals surface area contributed by atoms with E-state index in [4.69, 9.17) is 5.11 Å². The summed E-state index contributed by atoms with van der Waals surface area (Å²) in [7, 11) is 0. The molecule has 0 saturated heterocycles. The first kappa shape index (κ1) is 11.4. The number of carboxylic acids is 1. The molecule has 0 fully saturated rings. The van der Waals surface area contributed by atoms with Gasteiger partial charge >= 0.3 is 5.97 Å². The van der Waals surface area contributed by atoms with E-state index in [0.29, 0.717) is 0 Å². The van der Waals surface area contributed by atoms with Crippen LogP contribution in [0.15, 0.2) is 30.3 Å². The maximum atomic E-state index is 11.5. The third-order valence-electron chi connectivity index (χ3n) is 2.69. The topological polar surface area (TPSA) is 54.4 Å². The summed E-state index contributed by atoms with van der Waals surface area (Å²) in [4.78, 5) is 22.3. The van der Waals surface area contributed by atoms with Gasteiger partial charge in [0.05, 0.1) is 11.8 Å². The van der Waals surface area contributed by atoms with Gasteiger partial charge in [-0.2, -0.15) is 0 Å². The van der Waals surface area contributed by atoms with Crippen LogP contribution in [0.5, 0.6) is 0 Å². The second-order valence-corrected chi connectivity index (χ2v) is 3.82. The van der Waals surface area contributed by atoms with Gasteiger partial charge in [0, 0.05) is 0 Å². The highest BCUT2D eigenvalue weighted by molar-refractivity contribution is 5.91. The number of hydrogen-bond acceptors (Lipinski definition) is 2. The zero-order valence-electron chi connectivity index (χ0n) is 8.86. The zero-order chi connectivity index (χ0) is 11.5. The minimum absolute atomic E-state index is 0.129. The van der Waals surface area contributed by atoms with Crippen LogP contribution in [0.1, 0.15) is 25.8 Å². The van der Waals surface area contributed by atoms with Crippen LogP contribution in [0.2, 0.25) is 0 Å². The van der Waals surface area contributed by atoms with Crippen LogP contribution in [0, 0.1) is 0 Å². The molecule has 0 aliphatic heterocycles. The monoisotopic (exact) mass is 206 g/mol. The zero-order valence-corrected chi connectivity index (χ0v) is 8.86. The Labute approximate surface area is 88.7 Å². The number of benzene rings is 1. The van der Waals surface area contributed by atoms with Crippen molar-refractivity contribution in [1.82, 2.24) is 0 Å². The number of Topliss-reactive ketones (excluding diaryl/α,β-unsaturated/α-hetero) is 1. The number of carboxylic acid groups (broad SMARTS) is 1. The molecule has 0 radical (unpaired) electrons. The molecular formula is C12H14O3. The molecule has 3 heteroatoms. The van der Waals surface area contributed by atoms with Crippen LogP contribution in [0.4, 0.5) is 0 Å². The average Bonchev–Trinajstić information content (AvgIpc) is 2.17. The molecule has 0 bridgehead atoms. The molecule has 0 unspecified atom stereocenters. The largest absolute Gasteiger partial charge is 0.481 e. The lowest BCUT2D eigenvalue weighted by atomic mass is 9.76. The first-order valence-electron chi connectivity index (χ1n) is 4.75. The van der Waals surface area contributed by atoms with Gasteiger partial charge in [0.15, 0.2) is 0 Å². The second kappa shape index (κ2) is 4.26. The first-order valence-corrected chi connectivity index (χ1v) is 4.75. The molecule has 0 heterocycles. The molecule has 3 nitrogen and oxygen atoms in total. The fourth-order valence-electron chi connectivity index (χ4n) is 1.54. The lowest BCUT2D eigenvalue weighted by Gasteiger charge is -2.25. The van der Waals surface area contributed by atoms with Crippen molar-refractivity contribution in [3.8, 4) is 0 Å². The van der Waals surface area contributed by atoms with Crippen molar-refractivity contribution in [2.75, 3.05) is 0 Å². The molecule has 1 N–H and O–H groups in total. The SMILES string of the molecule is CC(=O)[C@@](C)(CC(=O)O)c1ccccc1. The summed E-state index contributed by atoms with van der Waals surface area (Å²) in [6, 6.07) is 9.01. The van der Waals surface area contributed by atoms with E-state index in [1.165, 1.54) is 6.92 Å². The minimum atomic E-state index is -0.962. The molecule has 15 heavy (non-hydrogen) atoms. The van der Waals surface area contributed by atoms with Gasteiger partial charge in [0.2, 0.25) is 0 Å². The van der Waals surface area contributed by atoms with Gasteiger partial charge in [0.25, 0.3) is 0 Å². The smallest absolute Gasteiger partial charge is 0.304 e. The predicted octanol–water partition coefficient (Wildman–Crippen LogP) is 2.01. The molecule has 0 spiro atoms. The van der Waals surface area contributed by atoms with E-state index in [1.54, 1.807) is 31.2 Å². The van der Waals surface area contributed by atoms with Crippen LogP contribution in [-0.2, 0) is 15.0 Å². The van der Waals surface area contributed by atoms with Crippen LogP contribution < -0.4 is 0 Å². The number of carbonyl (C=O) groups is 2. The maximum absolute atomic E-state index is 11.5. The summed E-state index contributed by atoms with van der Waals surface area (Å²) in [5.74, 6) is -1.09. The van der Waals surface area contributed by atoms with Crippen molar-refractivity contribution >= 4 is 11.8 Å². The Bertz CT molecular complexity index is 370. The van der Waals surface area contributed by atoms with Gasteiger partial charge in [-0.3, -0.25) is 9.59 Å². The molecule has 1 aromatic carbocycles. The van der Waals surface area contributed by atoms with E-state index in [9.17, 15) is 9.59 Å². The second-order valence-electron chi connectivity index (χ2n) is 3.82. The Morgan fingerprint density at radius 2 is 1.80 bits per heavy atom. The average molecular weight is 206 g/mol. The summed E-state index contributed by atoms with van der Waals surface area (Å²) in [5.41, 5.74) is -0.174. The molecular weight excluding hydrogens is 192 g/mol. The van der Waals surface area contributed by atoms with Crippen molar-refractivity contribution in [1.29, 1.82) is 0 Å². The molecule has 0 aliphatic carbocycles. The number of carbonyl (C=O) groups excluding carboxylic acids is 1. The third-order valence-corrected chi connectivity index (χ3v) is 2.69. The highest BCUT2D eigenvalue weighted by Crippen LogP contribution is 2.28. The van der Waals surface area contributed by atoms with Crippen molar-refractivity contribution < 1.29 is 14.7 Å². The highest BCUT2D eigenvalue weighted by Gasteiger charge is 2.34. The number of ketones is 1. The molecule has 1 aromatic rings. The van der Waals surface area contributed by atoms with Gasteiger partial charge in [0.1, 0.15) is 5.78 Å². The predicted molar refractivity (Wildman–Crippen MR) is 56.7 cm³/mol. The van der Waals surface area contributed by atoms with E-state index in [2.05, 4.69) is 0 Å². The van der Waals surface area contributed by atoms with E-state index in [0.717, 1.165) is 5.56 Å². The summed E-state index contributed by atoms with van der Waals surface area (Å²) in [6.45, 7) is 3.09. The minimum Gasteiger partial charge on any atom is -0.481 e. The molecule has 0 saturated carbocycles. The number of hydrogen-bond donors (Lipinski definition) is 1. The highest BCUT2D eigenvalue weighted by atomic mass is 16.4. The van der Waals surface area contributed by atoms with E-state index in [-0.39, 0.29) is 12.2 Å². The molecule has 1 rings (SSSR count). The number of rotatable bonds is 4. The molecule has 80 valence electrons. The van der Waals surface area contributed by atoms with Gasteiger partial charge in [-0.1, -0.05) is 30.3 Å². The Morgan fingerprint density at radius 3 is 2.20 bits per heavy atom. The molecule has 0 aromatic heterocycles. The standard InChI is InChI=1S/C12H14O3/c1-9(13)12(2,8-11(14)15)10-6-4-3-5-7-10/h3-7H,8H2,1-2H3,(H,14,15)/t12-/m1/s1. The molecule has 1 atom stereocenters. The van der Waals surface area contributed by atoms with Crippen LogP contribution in [0.3, 0.4) is 0 Å². The first-order chi connectivity index (χ1) is 6.97. The Morgan fingerprint density at radius 1 is 1.27 bits per heavy atom. The van der Waals surface area contributed by atoms with Crippen LogP contribution >= 0.6 is 0 Å². The maximum Gasteiger partial charge on any atom is 0.304 e. The summed E-state index contributed by atoms with van der Waals surface area (Å²) < 4.78 is 0. The molecule has 0 aliphatic rings. The van der Waals surface area contributed by atoms with Crippen molar-refractivity contribution in [3.05, 3.63) is 35.9 Å². The quantitative estimate of drug-likeness (QED) is 0.819. The van der Waals surface area contributed by atoms with Crippen molar-refractivity contribution in [3.63, 3.8) is 0 Å². The summed E-state index contributed by atoms with van der Waals surface area (Å²) >= 11 is 0. The Hall–Kier alpha value is -1.64. The van der Waals surface area contributed by atoms with Crippen molar-refractivity contribution in [2.24, 2.45) is 0 Å². The van der Waals surface area contributed by atoms with Crippen LogP contribution in [0.25, 0.3) is 0 Å². The van der Waals surface area contributed by atoms with E-state index >= 15 is 0 Å². The van der Waals surface area contributed by atoms with Crippen molar-refractivity contribution in [2.45, 2.75) is 25.7 Å². The number of aliphatic carboxylic acids is 1. The van der Waals surface area contributed by atoms with Gasteiger partial charge < -0.3 is 5.11 Å². The van der Waals surface area contributed by atoms with Gasteiger partial charge in [-0.15, -0.1) is 0 Å². The Balaban J connectivity index is 3.13. The van der Waals surface area contributed by atoms with Gasteiger partial charge in [-0.05, 0) is 19.4 Å². The fraction of sp³-hybridized carbons (Fsp3) is 0.333. The van der Waals surface area contributed by atoms with E-state index in [1.807, 2.05) is 6.07 Å². The van der Waals surface area contributed by atoms with Gasteiger partial charge in [-0.25, -0.2) is 0 Å². The lowest BCUT2D eigenvalue weighted by molar-refractivity contribution is -0.141. The molecule has 0 amide bonds. The van der Waals surface area contributed by atoms with Crippen LogP contribution in [-0.4, -0.2) is 16.9 Å². The van der Waals surface area contributed by atoms with E-state index < -0.39 is 11.4 Å². The fourth-order valence-corrected chi connectivity index (χ4v) is 1.54. The lowest BCUT2D eigenvalue weighted by Crippen LogP contribution is -2.33. The summed E-state index contributed by atoms with van der Waals surface area (Å²) in [6.07, 6.45) is -0.174. The normalized spacial score (nSPS) is 14.3. The summed E-state index contributed by atoms with van der Waals surface area (Å²) in [5, 5.41) is 8.81. The Kier molecular flexibility index (Phi) is 3.24.